The topological polar surface area (TPSA) is 48.4 Å². The van der Waals surface area contributed by atoms with Crippen molar-refractivity contribution >= 4 is 17.9 Å². The average Bonchev–Trinajstić information content (AvgIpc) is 2.46. The van der Waals surface area contributed by atoms with Gasteiger partial charge < -0.3 is 9.47 Å². The van der Waals surface area contributed by atoms with Gasteiger partial charge in [0.15, 0.2) is 11.5 Å². The molecule has 0 aliphatic heterocycles. The quantitative estimate of drug-likeness (QED) is 0.788. The molecule has 2 aromatic rings. The molecule has 1 aromatic carbocycles. The number of methoxy groups -OCH3 is 1. The van der Waals surface area contributed by atoms with Crippen molar-refractivity contribution in [1.29, 1.82) is 0 Å². The molecule has 0 amide bonds. The maximum Gasteiger partial charge on any atom is 0.161 e. The van der Waals surface area contributed by atoms with Crippen molar-refractivity contribution in [2.75, 3.05) is 7.11 Å². The maximum absolute atomic E-state index is 10.7. The zero-order valence-electron chi connectivity index (χ0n) is 10.3. The third kappa shape index (κ3) is 3.23. The summed E-state index contributed by atoms with van der Waals surface area (Å²) < 4.78 is 10.8. The van der Waals surface area contributed by atoms with Crippen LogP contribution in [0.5, 0.6) is 11.5 Å². The Morgan fingerprint density at radius 3 is 2.84 bits per heavy atom. The number of halogens is 1. The molecule has 4 nitrogen and oxygen atoms in total. The standard InChI is InChI=1S/C14H12ClNO3/c1-18-14-6-10(8-17)2-3-13(14)19-9-11-4-5-16-7-12(11)15/h2-8H,9H2,1H3. The van der Waals surface area contributed by atoms with Crippen molar-refractivity contribution in [3.8, 4) is 11.5 Å². The molecular weight excluding hydrogens is 266 g/mol. The van der Waals surface area contributed by atoms with Crippen LogP contribution < -0.4 is 9.47 Å². The van der Waals surface area contributed by atoms with Gasteiger partial charge in [-0.25, -0.2) is 0 Å². The third-order valence-electron chi connectivity index (χ3n) is 2.56. The molecule has 1 heterocycles. The Morgan fingerprint density at radius 2 is 2.16 bits per heavy atom. The Labute approximate surface area is 115 Å². The summed E-state index contributed by atoms with van der Waals surface area (Å²) in [7, 11) is 1.52. The molecule has 0 N–H and O–H groups in total. The molecule has 0 fully saturated rings. The normalized spacial score (nSPS) is 10.0. The first kappa shape index (κ1) is 13.4. The van der Waals surface area contributed by atoms with Gasteiger partial charge in [-0.15, -0.1) is 0 Å². The van der Waals surface area contributed by atoms with Gasteiger partial charge in [0.05, 0.1) is 12.1 Å². The lowest BCUT2D eigenvalue weighted by Gasteiger charge is -2.11. The third-order valence-corrected chi connectivity index (χ3v) is 2.90. The van der Waals surface area contributed by atoms with Crippen molar-refractivity contribution in [2.24, 2.45) is 0 Å². The smallest absolute Gasteiger partial charge is 0.161 e. The van der Waals surface area contributed by atoms with E-state index in [1.807, 2.05) is 0 Å². The van der Waals surface area contributed by atoms with Gasteiger partial charge in [-0.3, -0.25) is 9.78 Å². The molecule has 1 aromatic heterocycles. The molecule has 2 rings (SSSR count). The minimum Gasteiger partial charge on any atom is -0.493 e. The van der Waals surface area contributed by atoms with Crippen LogP contribution in [0.1, 0.15) is 15.9 Å². The van der Waals surface area contributed by atoms with Crippen LogP contribution in [0.3, 0.4) is 0 Å². The number of rotatable bonds is 5. The van der Waals surface area contributed by atoms with Gasteiger partial charge in [-0.1, -0.05) is 11.6 Å². The molecule has 0 spiro atoms. The van der Waals surface area contributed by atoms with Gasteiger partial charge in [-0.05, 0) is 24.3 Å². The van der Waals surface area contributed by atoms with Gasteiger partial charge in [0.1, 0.15) is 12.9 Å². The van der Waals surface area contributed by atoms with Gasteiger partial charge in [0, 0.05) is 23.5 Å². The van der Waals surface area contributed by atoms with E-state index in [0.717, 1.165) is 11.8 Å². The summed E-state index contributed by atoms with van der Waals surface area (Å²) >= 11 is 5.99. The molecule has 0 aliphatic rings. The molecule has 0 aliphatic carbocycles. The Bertz CT molecular complexity index is 587. The van der Waals surface area contributed by atoms with Gasteiger partial charge in [0.2, 0.25) is 0 Å². The van der Waals surface area contributed by atoms with E-state index in [9.17, 15) is 4.79 Å². The molecule has 0 saturated heterocycles. The van der Waals surface area contributed by atoms with Gasteiger partial charge in [0.25, 0.3) is 0 Å². The number of aromatic nitrogens is 1. The highest BCUT2D eigenvalue weighted by Gasteiger charge is 2.07. The van der Waals surface area contributed by atoms with E-state index in [1.165, 1.54) is 7.11 Å². The highest BCUT2D eigenvalue weighted by atomic mass is 35.5. The highest BCUT2D eigenvalue weighted by Crippen LogP contribution is 2.28. The van der Waals surface area contributed by atoms with Crippen LogP contribution in [0.15, 0.2) is 36.7 Å². The van der Waals surface area contributed by atoms with Crippen molar-refractivity contribution in [3.63, 3.8) is 0 Å². The van der Waals surface area contributed by atoms with E-state index >= 15 is 0 Å². The summed E-state index contributed by atoms with van der Waals surface area (Å²) in [5.74, 6) is 1.07. The maximum atomic E-state index is 10.7. The number of nitrogens with zero attached hydrogens (tertiary/aromatic N) is 1. The number of carbonyl (C=O) groups is 1. The first-order chi connectivity index (χ1) is 9.24. The van der Waals surface area contributed by atoms with E-state index in [2.05, 4.69) is 4.98 Å². The lowest BCUT2D eigenvalue weighted by Crippen LogP contribution is -1.99. The lowest BCUT2D eigenvalue weighted by atomic mass is 10.2. The second-order valence-corrected chi connectivity index (χ2v) is 4.19. The van der Waals surface area contributed by atoms with Crippen molar-refractivity contribution < 1.29 is 14.3 Å². The van der Waals surface area contributed by atoms with E-state index in [0.29, 0.717) is 28.7 Å². The molecule has 0 radical (unpaired) electrons. The van der Waals surface area contributed by atoms with E-state index in [4.69, 9.17) is 21.1 Å². The van der Waals surface area contributed by atoms with Gasteiger partial charge >= 0.3 is 0 Å². The monoisotopic (exact) mass is 277 g/mol. The summed E-state index contributed by atoms with van der Waals surface area (Å²) in [5, 5.41) is 0.547. The van der Waals surface area contributed by atoms with E-state index < -0.39 is 0 Å². The number of hydrogen-bond acceptors (Lipinski definition) is 4. The minimum absolute atomic E-state index is 0.304. The number of hydrogen-bond donors (Lipinski definition) is 0. The Morgan fingerprint density at radius 1 is 1.32 bits per heavy atom. The fraction of sp³-hybridized carbons (Fsp3) is 0.143. The zero-order chi connectivity index (χ0) is 13.7. The highest BCUT2D eigenvalue weighted by molar-refractivity contribution is 6.31. The summed E-state index contributed by atoms with van der Waals surface area (Å²) in [5.41, 5.74) is 1.37. The van der Waals surface area contributed by atoms with Crippen LogP contribution >= 0.6 is 11.6 Å². The summed E-state index contributed by atoms with van der Waals surface area (Å²) in [6, 6.07) is 6.77. The largest absolute Gasteiger partial charge is 0.493 e. The van der Waals surface area contributed by atoms with Crippen LogP contribution in [-0.2, 0) is 6.61 Å². The van der Waals surface area contributed by atoms with Crippen LogP contribution in [-0.4, -0.2) is 18.4 Å². The van der Waals surface area contributed by atoms with Crippen molar-refractivity contribution in [2.45, 2.75) is 6.61 Å². The van der Waals surface area contributed by atoms with Crippen LogP contribution in [0, 0.1) is 0 Å². The average molecular weight is 278 g/mol. The number of pyridine rings is 1. The molecule has 5 heteroatoms. The number of benzene rings is 1. The predicted octanol–water partition coefficient (Wildman–Crippen LogP) is 3.14. The Kier molecular flexibility index (Phi) is 4.36. The SMILES string of the molecule is COc1cc(C=O)ccc1OCc1ccncc1Cl. The second kappa shape index (κ2) is 6.20. The molecule has 0 bridgehead atoms. The number of carbonyl (C=O) groups excluding carboxylic acids is 1. The number of aldehydes is 1. The Hall–Kier alpha value is -2.07. The second-order valence-electron chi connectivity index (χ2n) is 3.78. The summed E-state index contributed by atoms with van der Waals surface area (Å²) in [4.78, 5) is 14.6. The predicted molar refractivity (Wildman–Crippen MR) is 72.0 cm³/mol. The first-order valence-electron chi connectivity index (χ1n) is 5.59. The van der Waals surface area contributed by atoms with Gasteiger partial charge in [-0.2, -0.15) is 0 Å². The molecule has 19 heavy (non-hydrogen) atoms. The molecule has 0 unspecified atom stereocenters. The van der Waals surface area contributed by atoms with Crippen molar-refractivity contribution in [3.05, 3.63) is 52.8 Å². The van der Waals surface area contributed by atoms with Crippen LogP contribution in [0.25, 0.3) is 0 Å². The Balaban J connectivity index is 2.15. The molecule has 0 atom stereocenters. The lowest BCUT2D eigenvalue weighted by molar-refractivity contribution is 0.112. The summed E-state index contributed by atoms with van der Waals surface area (Å²) in [6.07, 6.45) is 3.97. The molecular formula is C14H12ClNO3. The van der Waals surface area contributed by atoms with E-state index in [-0.39, 0.29) is 0 Å². The minimum atomic E-state index is 0.304. The zero-order valence-corrected chi connectivity index (χ0v) is 11.1. The van der Waals surface area contributed by atoms with Crippen LogP contribution in [0.2, 0.25) is 5.02 Å². The van der Waals surface area contributed by atoms with E-state index in [1.54, 1.807) is 36.7 Å². The first-order valence-corrected chi connectivity index (χ1v) is 5.97. The molecule has 0 saturated carbocycles. The molecule has 98 valence electrons. The van der Waals surface area contributed by atoms with Crippen molar-refractivity contribution in [1.82, 2.24) is 4.98 Å². The number of ether oxygens (including phenoxy) is 2. The fourth-order valence-corrected chi connectivity index (χ4v) is 1.73. The van der Waals surface area contributed by atoms with Crippen LogP contribution in [0.4, 0.5) is 0 Å². The summed E-state index contributed by atoms with van der Waals surface area (Å²) in [6.45, 7) is 0.304. The fourth-order valence-electron chi connectivity index (χ4n) is 1.55.